The number of hydrogen-bond donors (Lipinski definition) is 2. The van der Waals surface area contributed by atoms with Crippen molar-refractivity contribution in [3.8, 4) is 6.07 Å². The van der Waals surface area contributed by atoms with Crippen molar-refractivity contribution in [1.82, 2.24) is 0 Å². The zero-order valence-corrected chi connectivity index (χ0v) is 12.1. The topological polar surface area (TPSA) is 90.2 Å². The number of amides is 1. The molecule has 0 radical (unpaired) electrons. The Balaban J connectivity index is 2.24. The number of halogens is 1. The lowest BCUT2D eigenvalue weighted by Gasteiger charge is -2.08. The Kier molecular flexibility index (Phi) is 4.77. The van der Waals surface area contributed by atoms with Gasteiger partial charge in [-0.1, -0.05) is 23.7 Å². The van der Waals surface area contributed by atoms with E-state index in [9.17, 15) is 9.59 Å². The van der Waals surface area contributed by atoms with Crippen molar-refractivity contribution >= 4 is 29.2 Å². The third-order valence-electron chi connectivity index (χ3n) is 2.87. The predicted octanol–water partition coefficient (Wildman–Crippen LogP) is 3.36. The summed E-state index contributed by atoms with van der Waals surface area (Å²) in [6.45, 7) is 0. The van der Waals surface area contributed by atoms with Crippen LogP contribution in [0.1, 0.15) is 26.3 Å². The average Bonchev–Trinajstić information content (AvgIpc) is 2.47. The van der Waals surface area contributed by atoms with E-state index >= 15 is 0 Å². The summed E-state index contributed by atoms with van der Waals surface area (Å²) >= 11 is 5.84. The normalized spacial score (nSPS) is 9.82. The summed E-state index contributed by atoms with van der Waals surface area (Å²) in [6, 6.07) is 12.8. The molecule has 0 aliphatic carbocycles. The van der Waals surface area contributed by atoms with Crippen LogP contribution in [0.15, 0.2) is 42.5 Å². The fraction of sp³-hybridized carbons (Fsp3) is 0.0625. The van der Waals surface area contributed by atoms with Crippen molar-refractivity contribution in [2.45, 2.75) is 6.42 Å². The molecule has 0 atom stereocenters. The standard InChI is InChI=1S/C16H11ClN2O3/c17-13-7-12(16(21)22)8-14(9-13)19-15(20)11-3-1-2-10(6-11)4-5-18/h1-3,6-9H,4H2,(H,19,20)(H,21,22). The third kappa shape index (κ3) is 3.84. The lowest BCUT2D eigenvalue weighted by Crippen LogP contribution is -2.12. The molecule has 0 bridgehead atoms. The molecule has 1 amide bonds. The van der Waals surface area contributed by atoms with Crippen LogP contribution in [-0.2, 0) is 6.42 Å². The van der Waals surface area contributed by atoms with Crippen LogP contribution in [0.25, 0.3) is 0 Å². The van der Waals surface area contributed by atoms with Crippen molar-refractivity contribution in [2.75, 3.05) is 5.32 Å². The summed E-state index contributed by atoms with van der Waals surface area (Å²) in [5, 5.41) is 20.5. The van der Waals surface area contributed by atoms with E-state index < -0.39 is 11.9 Å². The second-order valence-corrected chi connectivity index (χ2v) is 4.96. The van der Waals surface area contributed by atoms with E-state index in [0.717, 1.165) is 5.56 Å². The highest BCUT2D eigenvalue weighted by atomic mass is 35.5. The van der Waals surface area contributed by atoms with Crippen molar-refractivity contribution in [1.29, 1.82) is 5.26 Å². The molecule has 0 unspecified atom stereocenters. The second kappa shape index (κ2) is 6.74. The maximum absolute atomic E-state index is 12.2. The van der Waals surface area contributed by atoms with Crippen molar-refractivity contribution in [2.24, 2.45) is 0 Å². The molecule has 0 spiro atoms. The van der Waals surface area contributed by atoms with Crippen LogP contribution in [-0.4, -0.2) is 17.0 Å². The number of carbonyl (C=O) groups excluding carboxylic acids is 1. The molecule has 110 valence electrons. The Morgan fingerprint density at radius 3 is 2.64 bits per heavy atom. The number of rotatable bonds is 4. The average molecular weight is 315 g/mol. The first-order valence-electron chi connectivity index (χ1n) is 6.30. The molecule has 2 N–H and O–H groups in total. The van der Waals surface area contributed by atoms with Gasteiger partial charge >= 0.3 is 5.97 Å². The molecule has 22 heavy (non-hydrogen) atoms. The van der Waals surface area contributed by atoms with E-state index in [-0.39, 0.29) is 17.0 Å². The summed E-state index contributed by atoms with van der Waals surface area (Å²) in [5.74, 6) is -1.53. The van der Waals surface area contributed by atoms with Crippen LogP contribution in [0, 0.1) is 11.3 Å². The van der Waals surface area contributed by atoms with Crippen LogP contribution in [0.5, 0.6) is 0 Å². The molecule has 6 heteroatoms. The number of aromatic carboxylic acids is 1. The van der Waals surface area contributed by atoms with Crippen molar-refractivity contribution in [3.63, 3.8) is 0 Å². The highest BCUT2D eigenvalue weighted by Gasteiger charge is 2.10. The summed E-state index contributed by atoms with van der Waals surface area (Å²) in [6.07, 6.45) is 0.210. The number of hydrogen-bond acceptors (Lipinski definition) is 3. The predicted molar refractivity (Wildman–Crippen MR) is 82.1 cm³/mol. The Labute approximate surface area is 131 Å². The molecule has 0 fully saturated rings. The first-order chi connectivity index (χ1) is 10.5. The minimum Gasteiger partial charge on any atom is -0.478 e. The number of nitrogens with zero attached hydrogens (tertiary/aromatic N) is 1. The molecular weight excluding hydrogens is 304 g/mol. The minimum atomic E-state index is -1.13. The van der Waals surface area contributed by atoms with Crippen molar-refractivity contribution in [3.05, 3.63) is 64.2 Å². The lowest BCUT2D eigenvalue weighted by atomic mass is 10.1. The Hall–Kier alpha value is -2.84. The van der Waals surface area contributed by atoms with E-state index in [2.05, 4.69) is 5.32 Å². The molecule has 2 aromatic rings. The molecule has 2 aromatic carbocycles. The van der Waals surface area contributed by atoms with E-state index in [1.807, 2.05) is 6.07 Å². The van der Waals surface area contributed by atoms with Gasteiger partial charge in [-0.3, -0.25) is 4.79 Å². The third-order valence-corrected chi connectivity index (χ3v) is 3.09. The number of anilines is 1. The molecule has 0 saturated heterocycles. The van der Waals surface area contributed by atoms with Crippen LogP contribution in [0.2, 0.25) is 5.02 Å². The second-order valence-electron chi connectivity index (χ2n) is 4.52. The highest BCUT2D eigenvalue weighted by molar-refractivity contribution is 6.31. The first kappa shape index (κ1) is 15.5. The van der Waals surface area contributed by atoms with E-state index in [0.29, 0.717) is 11.3 Å². The van der Waals surface area contributed by atoms with Gasteiger partial charge in [-0.2, -0.15) is 5.26 Å². The number of carboxylic acids is 1. The van der Waals surface area contributed by atoms with Gasteiger partial charge in [0, 0.05) is 16.3 Å². The largest absolute Gasteiger partial charge is 0.478 e. The quantitative estimate of drug-likeness (QED) is 0.905. The zero-order chi connectivity index (χ0) is 16.1. The number of carboxylic acid groups (broad SMARTS) is 1. The van der Waals surface area contributed by atoms with Crippen LogP contribution in [0.3, 0.4) is 0 Å². The maximum atomic E-state index is 12.2. The Bertz CT molecular complexity index is 781. The first-order valence-corrected chi connectivity index (χ1v) is 6.68. The minimum absolute atomic E-state index is 0.0129. The highest BCUT2D eigenvalue weighted by Crippen LogP contribution is 2.20. The summed E-state index contributed by atoms with van der Waals surface area (Å²) in [4.78, 5) is 23.2. The fourth-order valence-corrected chi connectivity index (χ4v) is 2.14. The van der Waals surface area contributed by atoms with Gasteiger partial charge in [0.2, 0.25) is 0 Å². The van der Waals surface area contributed by atoms with Gasteiger partial charge in [0.25, 0.3) is 5.91 Å². The maximum Gasteiger partial charge on any atom is 0.335 e. The monoisotopic (exact) mass is 314 g/mol. The molecule has 2 rings (SSSR count). The molecule has 0 aliphatic rings. The van der Waals surface area contributed by atoms with Gasteiger partial charge in [-0.15, -0.1) is 0 Å². The smallest absolute Gasteiger partial charge is 0.335 e. The fourth-order valence-electron chi connectivity index (χ4n) is 1.90. The van der Waals surface area contributed by atoms with Crippen LogP contribution >= 0.6 is 11.6 Å². The molecule has 0 saturated carbocycles. The van der Waals surface area contributed by atoms with Gasteiger partial charge in [-0.25, -0.2) is 4.79 Å². The van der Waals surface area contributed by atoms with Gasteiger partial charge in [0.15, 0.2) is 0 Å². The molecular formula is C16H11ClN2O3. The summed E-state index contributed by atoms with van der Waals surface area (Å²) in [7, 11) is 0. The molecule has 0 heterocycles. The SMILES string of the molecule is N#CCc1cccc(C(=O)Nc2cc(Cl)cc(C(=O)O)c2)c1. The van der Waals surface area contributed by atoms with E-state index in [1.54, 1.807) is 24.3 Å². The van der Waals surface area contributed by atoms with Gasteiger partial charge in [-0.05, 0) is 35.9 Å². The zero-order valence-electron chi connectivity index (χ0n) is 11.3. The lowest BCUT2D eigenvalue weighted by molar-refractivity contribution is 0.0696. The Morgan fingerprint density at radius 2 is 1.95 bits per heavy atom. The van der Waals surface area contributed by atoms with Crippen LogP contribution < -0.4 is 5.32 Å². The summed E-state index contributed by atoms with van der Waals surface area (Å²) < 4.78 is 0. The number of nitrogens with one attached hydrogen (secondary N) is 1. The number of carbonyl (C=O) groups is 2. The summed E-state index contributed by atoms with van der Waals surface area (Å²) in [5.41, 5.74) is 1.39. The van der Waals surface area contributed by atoms with Gasteiger partial charge in [0.1, 0.15) is 0 Å². The Morgan fingerprint density at radius 1 is 1.18 bits per heavy atom. The van der Waals surface area contributed by atoms with E-state index in [4.69, 9.17) is 22.0 Å². The molecule has 0 aliphatic heterocycles. The van der Waals surface area contributed by atoms with Crippen LogP contribution in [0.4, 0.5) is 5.69 Å². The van der Waals surface area contributed by atoms with Gasteiger partial charge in [0.05, 0.1) is 18.1 Å². The van der Waals surface area contributed by atoms with Crippen molar-refractivity contribution < 1.29 is 14.7 Å². The molecule has 5 nitrogen and oxygen atoms in total. The van der Waals surface area contributed by atoms with E-state index in [1.165, 1.54) is 18.2 Å². The number of nitriles is 1. The molecule has 0 aromatic heterocycles. The number of benzene rings is 2. The van der Waals surface area contributed by atoms with Gasteiger partial charge < -0.3 is 10.4 Å².